The predicted octanol–water partition coefficient (Wildman–Crippen LogP) is 9.18. The molecule has 2 saturated heterocycles. The van der Waals surface area contributed by atoms with Crippen LogP contribution in [0.2, 0.25) is 0 Å². The fourth-order valence-corrected chi connectivity index (χ4v) is 8.07. The Morgan fingerprint density at radius 3 is 1.91 bits per heavy atom. The van der Waals surface area contributed by atoms with E-state index in [4.69, 9.17) is 19.4 Å². The second-order valence-electron chi connectivity index (χ2n) is 16.6. The molecule has 12 nitrogen and oxygen atoms in total. The number of H-pyrrole nitrogens is 2. The lowest BCUT2D eigenvalue weighted by Crippen LogP contribution is -2.52. The van der Waals surface area contributed by atoms with Crippen LogP contribution in [0.4, 0.5) is 9.59 Å². The summed E-state index contributed by atoms with van der Waals surface area (Å²) in [5, 5.41) is 2.73. The number of nitrogens with zero attached hydrogens (tertiary/aromatic N) is 4. The van der Waals surface area contributed by atoms with Gasteiger partial charge in [-0.15, -0.1) is 0 Å². The standard InChI is InChI=1S/C44H53N7O5/c1-25(2)38(49-42(53)55-8)41(52)50-26(3)9-22-37(50)40-46-33-20-19-32(23-34(33)47-40)30-13-11-28(12-14-30)29-15-17-31(18-16-29)35-24-45-39(48-35)36-21-10-27(4)51(36)43(54)56-44(5,6)7/h11-20,23-27,36-38H,9-10,21-22H2,1-8H3,(H,45,48)(H,46,47)(H,49,53)/t26-,27-,36-,37-,38-/m0/s1. The number of fused-ring (bicyclic) bond motifs is 1. The lowest BCUT2D eigenvalue weighted by Gasteiger charge is -2.32. The number of benzene rings is 3. The predicted molar refractivity (Wildman–Crippen MR) is 217 cm³/mol. The second kappa shape index (κ2) is 15.5. The Bertz CT molecular complexity index is 2200. The molecule has 0 bridgehead atoms. The molecule has 4 heterocycles. The number of hydrogen-bond acceptors (Lipinski definition) is 7. The van der Waals surface area contributed by atoms with Gasteiger partial charge >= 0.3 is 12.2 Å². The third kappa shape index (κ3) is 7.87. The minimum Gasteiger partial charge on any atom is -0.453 e. The maximum atomic E-state index is 13.8. The van der Waals surface area contributed by atoms with Crippen LogP contribution in [-0.2, 0) is 14.3 Å². The summed E-state index contributed by atoms with van der Waals surface area (Å²) >= 11 is 0. The highest BCUT2D eigenvalue weighted by molar-refractivity contribution is 5.87. The monoisotopic (exact) mass is 759 g/mol. The highest BCUT2D eigenvalue weighted by Gasteiger charge is 2.42. The number of methoxy groups -OCH3 is 1. The van der Waals surface area contributed by atoms with Gasteiger partial charge in [0.15, 0.2) is 0 Å². The first kappa shape index (κ1) is 38.6. The van der Waals surface area contributed by atoms with E-state index in [0.717, 1.165) is 81.9 Å². The van der Waals surface area contributed by atoms with Gasteiger partial charge in [-0.2, -0.15) is 0 Å². The Morgan fingerprint density at radius 1 is 0.768 bits per heavy atom. The van der Waals surface area contributed by atoms with Crippen molar-refractivity contribution >= 4 is 29.1 Å². The molecule has 56 heavy (non-hydrogen) atoms. The molecule has 12 heteroatoms. The van der Waals surface area contributed by atoms with Crippen molar-refractivity contribution in [3.8, 4) is 33.5 Å². The Morgan fingerprint density at radius 2 is 1.32 bits per heavy atom. The van der Waals surface area contributed by atoms with Crippen LogP contribution >= 0.6 is 0 Å². The van der Waals surface area contributed by atoms with Crippen LogP contribution in [0.15, 0.2) is 72.9 Å². The lowest BCUT2D eigenvalue weighted by atomic mass is 9.99. The molecule has 3 amide bonds. The molecule has 5 atom stereocenters. The van der Waals surface area contributed by atoms with Gasteiger partial charge in [-0.05, 0) is 101 Å². The first-order valence-corrected chi connectivity index (χ1v) is 19.6. The Labute approximate surface area is 328 Å². The first-order chi connectivity index (χ1) is 26.7. The summed E-state index contributed by atoms with van der Waals surface area (Å²) in [6.07, 6.45) is 4.34. The van der Waals surface area contributed by atoms with Crippen LogP contribution in [0.3, 0.4) is 0 Å². The smallest absolute Gasteiger partial charge is 0.411 e. The van der Waals surface area contributed by atoms with Gasteiger partial charge in [0.05, 0.1) is 35.9 Å². The topological polar surface area (TPSA) is 146 Å². The zero-order valence-corrected chi connectivity index (χ0v) is 33.6. The lowest BCUT2D eigenvalue weighted by molar-refractivity contribution is -0.137. The van der Waals surface area contributed by atoms with Crippen LogP contribution < -0.4 is 5.32 Å². The molecule has 3 N–H and O–H groups in total. The number of likely N-dealkylation sites (tertiary alicyclic amines) is 2. The maximum absolute atomic E-state index is 13.8. The number of hydrogen-bond donors (Lipinski definition) is 3. The molecule has 0 saturated carbocycles. The fraction of sp³-hybridized carbons (Fsp3) is 0.432. The second-order valence-corrected chi connectivity index (χ2v) is 16.6. The van der Waals surface area contributed by atoms with Crippen LogP contribution in [0.1, 0.15) is 97.9 Å². The molecule has 2 aromatic heterocycles. The fourth-order valence-electron chi connectivity index (χ4n) is 8.07. The van der Waals surface area contributed by atoms with E-state index in [9.17, 15) is 14.4 Å². The molecule has 2 aliphatic rings. The molecular formula is C44H53N7O5. The molecule has 0 aliphatic carbocycles. The van der Waals surface area contributed by atoms with Crippen LogP contribution in [0, 0.1) is 5.92 Å². The van der Waals surface area contributed by atoms with E-state index in [2.05, 4.69) is 82.9 Å². The van der Waals surface area contributed by atoms with E-state index in [1.165, 1.54) is 7.11 Å². The SMILES string of the molecule is COC(=O)N[C@H](C(=O)N1[C@@H](C)CC[C@H]1c1nc2cc(-c3ccc(-c4ccc(-c5c[nH]c([C@@H]6CC[C@H](C)N6C(=O)OC(C)(C)C)n5)cc4)cc3)ccc2[nH]1)C(C)C. The Hall–Kier alpha value is -5.65. The molecule has 3 aromatic carbocycles. The molecule has 2 fully saturated rings. The molecule has 0 unspecified atom stereocenters. The van der Waals surface area contributed by atoms with Gasteiger partial charge in [-0.3, -0.25) is 9.69 Å². The summed E-state index contributed by atoms with van der Waals surface area (Å²) < 4.78 is 10.5. The number of carbonyl (C=O) groups excluding carboxylic acids is 3. The molecule has 5 aromatic rings. The molecule has 2 aliphatic heterocycles. The highest BCUT2D eigenvalue weighted by Crippen LogP contribution is 2.39. The van der Waals surface area contributed by atoms with Crippen molar-refractivity contribution in [3.63, 3.8) is 0 Å². The minimum atomic E-state index is -0.697. The van der Waals surface area contributed by atoms with E-state index >= 15 is 0 Å². The molecular weight excluding hydrogens is 707 g/mol. The Kier molecular flexibility index (Phi) is 10.7. The van der Waals surface area contributed by atoms with Gasteiger partial charge in [-0.25, -0.2) is 19.6 Å². The first-order valence-electron chi connectivity index (χ1n) is 19.6. The summed E-state index contributed by atoms with van der Waals surface area (Å²) in [5.74, 6) is 1.28. The van der Waals surface area contributed by atoms with E-state index < -0.39 is 17.7 Å². The van der Waals surface area contributed by atoms with Crippen LogP contribution in [0.5, 0.6) is 0 Å². The van der Waals surface area contributed by atoms with Crippen LogP contribution in [0.25, 0.3) is 44.5 Å². The highest BCUT2D eigenvalue weighted by atomic mass is 16.6. The van der Waals surface area contributed by atoms with Gasteiger partial charge < -0.3 is 29.7 Å². The molecule has 0 radical (unpaired) electrons. The summed E-state index contributed by atoms with van der Waals surface area (Å²) in [7, 11) is 1.30. The molecule has 0 spiro atoms. The van der Waals surface area contributed by atoms with Gasteiger partial charge in [0.25, 0.3) is 0 Å². The van der Waals surface area contributed by atoms with Crippen molar-refractivity contribution in [2.75, 3.05) is 7.11 Å². The van der Waals surface area contributed by atoms with E-state index in [1.54, 1.807) is 0 Å². The van der Waals surface area contributed by atoms with E-state index in [-0.39, 0.29) is 42.1 Å². The summed E-state index contributed by atoms with van der Waals surface area (Å²) in [5.41, 5.74) is 7.31. The molecule has 294 valence electrons. The maximum Gasteiger partial charge on any atom is 0.411 e. The number of alkyl carbamates (subject to hydrolysis) is 1. The van der Waals surface area contributed by atoms with Crippen molar-refractivity contribution in [2.24, 2.45) is 5.92 Å². The number of imidazole rings is 2. The summed E-state index contributed by atoms with van der Waals surface area (Å²) in [4.78, 5) is 59.3. The van der Waals surface area contributed by atoms with Crippen molar-refractivity contribution in [1.29, 1.82) is 0 Å². The third-order valence-corrected chi connectivity index (χ3v) is 11.0. The quantitative estimate of drug-likeness (QED) is 0.143. The number of carbonyl (C=O) groups is 3. The largest absolute Gasteiger partial charge is 0.453 e. The average molecular weight is 760 g/mol. The van der Waals surface area contributed by atoms with Crippen LogP contribution in [-0.4, -0.2) is 78.7 Å². The minimum absolute atomic E-state index is 0.00850. The summed E-state index contributed by atoms with van der Waals surface area (Å²) in [6.45, 7) is 13.6. The number of nitrogens with one attached hydrogen (secondary N) is 3. The normalized spacial score (nSPS) is 20.4. The summed E-state index contributed by atoms with van der Waals surface area (Å²) in [6, 6.07) is 22.1. The average Bonchev–Trinajstić information content (AvgIpc) is 3.98. The zero-order valence-electron chi connectivity index (χ0n) is 33.6. The van der Waals surface area contributed by atoms with Gasteiger partial charge in [0.1, 0.15) is 23.3 Å². The third-order valence-electron chi connectivity index (χ3n) is 11.0. The van der Waals surface area contributed by atoms with Crippen molar-refractivity contribution in [3.05, 3.63) is 84.6 Å². The van der Waals surface area contributed by atoms with Gasteiger partial charge in [-0.1, -0.05) is 68.4 Å². The number of aromatic amines is 2. The number of amides is 3. The number of rotatable bonds is 8. The number of aromatic nitrogens is 4. The Balaban J connectivity index is 1.04. The van der Waals surface area contributed by atoms with Crippen molar-refractivity contribution in [1.82, 2.24) is 35.1 Å². The van der Waals surface area contributed by atoms with Crippen molar-refractivity contribution in [2.45, 2.75) is 110 Å². The zero-order chi connectivity index (χ0) is 39.9. The number of ether oxygens (including phenoxy) is 2. The van der Waals surface area contributed by atoms with E-state index in [0.29, 0.717) is 0 Å². The molecule has 7 rings (SSSR count). The van der Waals surface area contributed by atoms with E-state index in [1.807, 2.05) is 63.6 Å². The van der Waals surface area contributed by atoms with Gasteiger partial charge in [0, 0.05) is 23.8 Å². The van der Waals surface area contributed by atoms with Gasteiger partial charge in [0.2, 0.25) is 5.91 Å². The van der Waals surface area contributed by atoms with Crippen molar-refractivity contribution < 1.29 is 23.9 Å².